The summed E-state index contributed by atoms with van der Waals surface area (Å²) in [6.07, 6.45) is 5.84. The number of ether oxygens (including phenoxy) is 1. The number of amides is 1. The number of aryl methyl sites for hydroxylation is 1. The molecule has 4 rings (SSSR count). The normalized spacial score (nSPS) is 14.4. The summed E-state index contributed by atoms with van der Waals surface area (Å²) in [6.45, 7) is 4.83. The number of fused-ring (bicyclic) bond motifs is 1. The lowest BCUT2D eigenvalue weighted by molar-refractivity contribution is -0.124. The molecule has 1 amide bonds. The predicted molar refractivity (Wildman–Crippen MR) is 125 cm³/mol. The van der Waals surface area contributed by atoms with Crippen LogP contribution < -0.4 is 15.5 Å². The molecule has 1 aliphatic rings. The van der Waals surface area contributed by atoms with Gasteiger partial charge < -0.3 is 14.6 Å². The Hall–Kier alpha value is -3.08. The van der Waals surface area contributed by atoms with Crippen LogP contribution in [0.4, 0.5) is 0 Å². The Balaban J connectivity index is 1.86. The molecule has 1 fully saturated rings. The number of carbonyl (C=O) groups excluding carboxylic acids is 1. The van der Waals surface area contributed by atoms with Crippen molar-refractivity contribution < 1.29 is 9.53 Å². The highest BCUT2D eigenvalue weighted by Gasteiger charge is 2.26. The first-order chi connectivity index (χ1) is 15.0. The monoisotopic (exact) mass is 418 g/mol. The molecule has 1 N–H and O–H groups in total. The van der Waals surface area contributed by atoms with Gasteiger partial charge in [0.2, 0.25) is 5.91 Å². The number of hydrogen-bond acceptors (Lipinski definition) is 3. The largest absolute Gasteiger partial charge is 0.497 e. The molecular weight excluding hydrogens is 388 g/mol. The summed E-state index contributed by atoms with van der Waals surface area (Å²) in [7, 11) is 1.62. The lowest BCUT2D eigenvalue weighted by Gasteiger charge is -2.23. The van der Waals surface area contributed by atoms with E-state index in [4.69, 9.17) is 4.74 Å². The molecular formula is C26H30N2O3. The molecule has 31 heavy (non-hydrogen) atoms. The quantitative estimate of drug-likeness (QED) is 0.569. The number of nitrogens with one attached hydrogen (secondary N) is 1. The Labute approximate surface area is 183 Å². The second-order valence-corrected chi connectivity index (χ2v) is 8.52. The molecule has 0 radical (unpaired) electrons. The third-order valence-electron chi connectivity index (χ3n) is 6.05. The van der Waals surface area contributed by atoms with Crippen molar-refractivity contribution >= 4 is 16.8 Å². The summed E-state index contributed by atoms with van der Waals surface area (Å²) in [4.78, 5) is 26.6. The molecule has 0 bridgehead atoms. The van der Waals surface area contributed by atoms with Gasteiger partial charge in [0, 0.05) is 23.7 Å². The van der Waals surface area contributed by atoms with E-state index in [1.54, 1.807) is 7.11 Å². The Morgan fingerprint density at radius 2 is 1.94 bits per heavy atom. The number of aromatic nitrogens is 1. The molecule has 0 aliphatic heterocycles. The number of rotatable bonds is 8. The van der Waals surface area contributed by atoms with Gasteiger partial charge in [-0.2, -0.15) is 0 Å². The SMILES string of the molecule is CCCC(C(=O)NCC1CC1)n1cc(-c2ccc(OC)cc2)c(=O)c2ccc(C)cc21. The van der Waals surface area contributed by atoms with Crippen LogP contribution in [-0.4, -0.2) is 24.1 Å². The zero-order valence-electron chi connectivity index (χ0n) is 18.5. The molecule has 5 heteroatoms. The third-order valence-corrected chi connectivity index (χ3v) is 6.05. The van der Waals surface area contributed by atoms with E-state index in [2.05, 4.69) is 12.2 Å². The van der Waals surface area contributed by atoms with Crippen LogP contribution in [0.1, 0.15) is 44.2 Å². The first-order valence-electron chi connectivity index (χ1n) is 11.1. The van der Waals surface area contributed by atoms with Gasteiger partial charge in [0.1, 0.15) is 11.8 Å². The van der Waals surface area contributed by atoms with Crippen molar-refractivity contribution in [2.24, 2.45) is 5.92 Å². The van der Waals surface area contributed by atoms with E-state index in [1.807, 2.05) is 60.2 Å². The lowest BCUT2D eigenvalue weighted by Crippen LogP contribution is -2.34. The minimum atomic E-state index is -0.356. The number of nitrogens with zero attached hydrogens (tertiary/aromatic N) is 1. The van der Waals surface area contributed by atoms with E-state index in [0.717, 1.165) is 35.4 Å². The number of pyridine rings is 1. The maximum Gasteiger partial charge on any atom is 0.243 e. The smallest absolute Gasteiger partial charge is 0.243 e. The predicted octanol–water partition coefficient (Wildman–Crippen LogP) is 4.85. The van der Waals surface area contributed by atoms with Crippen molar-refractivity contribution in [2.75, 3.05) is 13.7 Å². The summed E-state index contributed by atoms with van der Waals surface area (Å²) in [5.74, 6) is 1.39. The molecule has 1 saturated carbocycles. The van der Waals surface area contributed by atoms with Crippen molar-refractivity contribution in [2.45, 2.75) is 45.6 Å². The summed E-state index contributed by atoms with van der Waals surface area (Å²) in [6, 6.07) is 13.0. The minimum absolute atomic E-state index is 0.0231. The first kappa shape index (κ1) is 21.2. The zero-order valence-corrected chi connectivity index (χ0v) is 18.5. The van der Waals surface area contributed by atoms with Gasteiger partial charge in [0.25, 0.3) is 0 Å². The Morgan fingerprint density at radius 1 is 1.19 bits per heavy atom. The first-order valence-corrected chi connectivity index (χ1v) is 11.1. The fourth-order valence-electron chi connectivity index (χ4n) is 4.05. The Morgan fingerprint density at radius 3 is 2.58 bits per heavy atom. The van der Waals surface area contributed by atoms with Gasteiger partial charge in [-0.15, -0.1) is 0 Å². The van der Waals surface area contributed by atoms with Gasteiger partial charge in [0.05, 0.1) is 12.6 Å². The summed E-state index contributed by atoms with van der Waals surface area (Å²) < 4.78 is 7.27. The standard InChI is InChI=1S/C26H30N2O3/c1-4-5-23(26(30)27-15-18-7-8-18)28-16-22(19-9-11-20(31-3)12-10-19)25(29)21-13-6-17(2)14-24(21)28/h6,9-14,16,18,23H,4-5,7-8,15H2,1-3H3,(H,27,30). The highest BCUT2D eigenvalue weighted by molar-refractivity contribution is 5.88. The number of hydrogen-bond donors (Lipinski definition) is 1. The molecule has 162 valence electrons. The lowest BCUT2D eigenvalue weighted by atomic mass is 10.0. The highest BCUT2D eigenvalue weighted by atomic mass is 16.5. The number of benzene rings is 2. The van der Waals surface area contributed by atoms with E-state index in [9.17, 15) is 9.59 Å². The molecule has 3 aromatic rings. The van der Waals surface area contributed by atoms with Crippen LogP contribution in [0.15, 0.2) is 53.5 Å². The minimum Gasteiger partial charge on any atom is -0.497 e. The fraction of sp³-hybridized carbons (Fsp3) is 0.385. The van der Waals surface area contributed by atoms with Gasteiger partial charge in [-0.25, -0.2) is 0 Å². The second kappa shape index (κ2) is 8.96. The third kappa shape index (κ3) is 4.50. The number of carbonyl (C=O) groups is 1. The summed E-state index contributed by atoms with van der Waals surface area (Å²) in [5.41, 5.74) is 3.25. The molecule has 5 nitrogen and oxygen atoms in total. The topological polar surface area (TPSA) is 60.3 Å². The highest BCUT2D eigenvalue weighted by Crippen LogP contribution is 2.29. The van der Waals surface area contributed by atoms with E-state index in [1.165, 1.54) is 12.8 Å². The van der Waals surface area contributed by atoms with Crippen molar-refractivity contribution in [3.8, 4) is 16.9 Å². The molecule has 0 spiro atoms. The average Bonchev–Trinajstić information content (AvgIpc) is 3.61. The van der Waals surface area contributed by atoms with Crippen LogP contribution in [0, 0.1) is 12.8 Å². The van der Waals surface area contributed by atoms with Crippen LogP contribution in [0.5, 0.6) is 5.75 Å². The van der Waals surface area contributed by atoms with Crippen LogP contribution in [0.3, 0.4) is 0 Å². The van der Waals surface area contributed by atoms with Gasteiger partial charge in [-0.3, -0.25) is 9.59 Å². The van der Waals surface area contributed by atoms with Crippen LogP contribution in [0.2, 0.25) is 0 Å². The van der Waals surface area contributed by atoms with Gasteiger partial charge in [0.15, 0.2) is 5.43 Å². The van der Waals surface area contributed by atoms with Gasteiger partial charge in [-0.1, -0.05) is 31.5 Å². The maximum absolute atomic E-state index is 13.4. The van der Waals surface area contributed by atoms with Crippen LogP contribution in [-0.2, 0) is 4.79 Å². The average molecular weight is 419 g/mol. The molecule has 1 aliphatic carbocycles. The zero-order chi connectivity index (χ0) is 22.0. The molecule has 1 unspecified atom stereocenters. The van der Waals surface area contributed by atoms with E-state index >= 15 is 0 Å². The fourth-order valence-corrected chi connectivity index (χ4v) is 4.05. The Kier molecular flexibility index (Phi) is 6.12. The molecule has 0 saturated heterocycles. The van der Waals surface area contributed by atoms with Crippen molar-refractivity contribution in [3.05, 3.63) is 64.4 Å². The second-order valence-electron chi connectivity index (χ2n) is 8.52. The van der Waals surface area contributed by atoms with Gasteiger partial charge in [-0.05, 0) is 67.5 Å². The molecule has 1 atom stereocenters. The van der Waals surface area contributed by atoms with Gasteiger partial charge >= 0.3 is 0 Å². The van der Waals surface area contributed by atoms with E-state index in [-0.39, 0.29) is 17.4 Å². The van der Waals surface area contributed by atoms with Crippen molar-refractivity contribution in [1.29, 1.82) is 0 Å². The van der Waals surface area contributed by atoms with Crippen molar-refractivity contribution in [1.82, 2.24) is 9.88 Å². The Bertz CT molecular complexity index is 1140. The maximum atomic E-state index is 13.4. The van der Waals surface area contributed by atoms with E-state index in [0.29, 0.717) is 23.3 Å². The van der Waals surface area contributed by atoms with Crippen LogP contribution in [0.25, 0.3) is 22.0 Å². The summed E-state index contributed by atoms with van der Waals surface area (Å²) >= 11 is 0. The molecule has 1 heterocycles. The number of methoxy groups -OCH3 is 1. The molecule has 2 aromatic carbocycles. The molecule has 1 aromatic heterocycles. The van der Waals surface area contributed by atoms with E-state index < -0.39 is 0 Å². The van der Waals surface area contributed by atoms with Crippen molar-refractivity contribution in [3.63, 3.8) is 0 Å². The van der Waals surface area contributed by atoms with Crippen LogP contribution >= 0.6 is 0 Å². The summed E-state index contributed by atoms with van der Waals surface area (Å²) in [5, 5.41) is 3.78.